The Balaban J connectivity index is 1.48. The monoisotopic (exact) mass is 349 g/mol. The van der Waals surface area contributed by atoms with Crippen LogP contribution >= 0.6 is 11.3 Å². The van der Waals surface area contributed by atoms with Crippen LogP contribution in [0.4, 0.5) is 0 Å². The Morgan fingerprint density at radius 2 is 2.38 bits per heavy atom. The van der Waals surface area contributed by atoms with E-state index < -0.39 is 0 Å². The van der Waals surface area contributed by atoms with E-state index in [4.69, 9.17) is 4.52 Å². The number of piperidine rings is 1. The highest BCUT2D eigenvalue weighted by atomic mass is 32.1. The lowest BCUT2D eigenvalue weighted by Crippen LogP contribution is -2.46. The fraction of sp³-hybridized carbons (Fsp3) is 0.588. The molecule has 3 heterocycles. The third kappa shape index (κ3) is 4.02. The van der Waals surface area contributed by atoms with Crippen LogP contribution in [-0.2, 0) is 11.2 Å². The molecule has 3 rings (SSSR count). The van der Waals surface area contributed by atoms with Crippen LogP contribution in [0.15, 0.2) is 22.0 Å². The van der Waals surface area contributed by atoms with Gasteiger partial charge >= 0.3 is 0 Å². The first-order valence-corrected chi connectivity index (χ1v) is 9.32. The zero-order valence-electron chi connectivity index (χ0n) is 13.9. The minimum absolute atomic E-state index is 0.152. The summed E-state index contributed by atoms with van der Waals surface area (Å²) in [6, 6.07) is 4.17. The lowest BCUT2D eigenvalue weighted by molar-refractivity contribution is -0.136. The predicted octanol–water partition coefficient (Wildman–Crippen LogP) is 2.74. The van der Waals surface area contributed by atoms with E-state index in [2.05, 4.69) is 17.1 Å². The summed E-state index contributed by atoms with van der Waals surface area (Å²) in [4.78, 5) is 19.7. The van der Waals surface area contributed by atoms with E-state index in [0.717, 1.165) is 17.7 Å². The van der Waals surface area contributed by atoms with Crippen LogP contribution in [0.2, 0.25) is 0 Å². The quantitative estimate of drug-likeness (QED) is 0.867. The number of aliphatic hydroxyl groups excluding tert-OH is 1. The molecule has 1 aliphatic heterocycles. The van der Waals surface area contributed by atoms with Gasteiger partial charge in [0.05, 0.1) is 4.88 Å². The smallest absolute Gasteiger partial charge is 0.226 e. The van der Waals surface area contributed by atoms with E-state index >= 15 is 0 Å². The highest BCUT2D eigenvalue weighted by Gasteiger charge is 2.28. The normalized spacial score (nSPS) is 21.2. The van der Waals surface area contributed by atoms with Gasteiger partial charge in [0.15, 0.2) is 0 Å². The molecule has 2 aromatic heterocycles. The lowest BCUT2D eigenvalue weighted by atomic mass is 9.93. The summed E-state index contributed by atoms with van der Waals surface area (Å²) < 4.78 is 5.26. The van der Waals surface area contributed by atoms with Crippen molar-refractivity contribution in [3.05, 3.63) is 23.4 Å². The van der Waals surface area contributed by atoms with Crippen LogP contribution in [-0.4, -0.2) is 45.2 Å². The summed E-state index contributed by atoms with van der Waals surface area (Å²) in [5.74, 6) is 1.56. The van der Waals surface area contributed by atoms with Gasteiger partial charge in [0.2, 0.25) is 17.6 Å². The van der Waals surface area contributed by atoms with Crippen molar-refractivity contribution in [3.63, 3.8) is 0 Å². The number of hydrogen-bond donors (Lipinski definition) is 1. The Labute approximate surface area is 145 Å². The molecule has 1 saturated heterocycles. The number of amides is 1. The summed E-state index contributed by atoms with van der Waals surface area (Å²) >= 11 is 1.57. The molecule has 2 aromatic rings. The van der Waals surface area contributed by atoms with Gasteiger partial charge < -0.3 is 14.5 Å². The zero-order valence-corrected chi connectivity index (χ0v) is 14.7. The Bertz CT molecular complexity index is 656. The maximum atomic E-state index is 12.4. The minimum atomic E-state index is 0.152. The molecular formula is C17H23N3O3S. The zero-order chi connectivity index (χ0) is 16.9. The molecule has 0 aliphatic carbocycles. The number of thiophene rings is 1. The number of aryl methyl sites for hydroxylation is 1. The molecule has 2 unspecified atom stereocenters. The largest absolute Gasteiger partial charge is 0.396 e. The average Bonchev–Trinajstić information content (AvgIpc) is 3.26. The molecule has 7 heteroatoms. The van der Waals surface area contributed by atoms with Gasteiger partial charge in [0.25, 0.3) is 0 Å². The number of likely N-dealkylation sites (tertiary alicyclic amines) is 1. The standard InChI is InChI=1S/C17H23N3O3S/c1-12-7-8-13(11-21)10-20(12)16(22)6-2-5-15-18-17(19-23-15)14-4-3-9-24-14/h3-4,9,12-13,21H,2,5-8,10-11H2,1H3. The van der Waals surface area contributed by atoms with Crippen molar-refractivity contribution in [2.75, 3.05) is 13.2 Å². The molecule has 0 saturated carbocycles. The molecule has 1 N–H and O–H groups in total. The fourth-order valence-electron chi connectivity index (χ4n) is 3.08. The third-order valence-corrected chi connectivity index (χ3v) is 5.41. The summed E-state index contributed by atoms with van der Waals surface area (Å²) in [6.45, 7) is 2.90. The third-order valence-electron chi connectivity index (χ3n) is 4.55. The molecule has 6 nitrogen and oxygen atoms in total. The molecule has 0 aromatic carbocycles. The number of carbonyl (C=O) groups is 1. The number of aromatic nitrogens is 2. The number of carbonyl (C=O) groups excluding carboxylic acids is 1. The summed E-state index contributed by atoms with van der Waals surface area (Å²) in [6.07, 6.45) is 3.73. The van der Waals surface area contributed by atoms with E-state index in [1.165, 1.54) is 0 Å². The molecule has 0 spiro atoms. The molecule has 0 bridgehead atoms. The first-order chi connectivity index (χ1) is 11.7. The van der Waals surface area contributed by atoms with Gasteiger partial charge in [-0.3, -0.25) is 4.79 Å². The highest BCUT2D eigenvalue weighted by molar-refractivity contribution is 7.13. The van der Waals surface area contributed by atoms with E-state index in [-0.39, 0.29) is 24.5 Å². The van der Waals surface area contributed by atoms with Crippen LogP contribution in [0, 0.1) is 5.92 Å². The maximum Gasteiger partial charge on any atom is 0.226 e. The van der Waals surface area contributed by atoms with Crippen LogP contribution in [0.1, 0.15) is 38.5 Å². The van der Waals surface area contributed by atoms with Gasteiger partial charge in [-0.25, -0.2) is 0 Å². The van der Waals surface area contributed by atoms with Gasteiger partial charge in [-0.2, -0.15) is 4.98 Å². The number of rotatable bonds is 6. The van der Waals surface area contributed by atoms with E-state index in [9.17, 15) is 9.90 Å². The summed E-state index contributed by atoms with van der Waals surface area (Å²) in [5, 5.41) is 15.3. The Kier molecular flexibility index (Phi) is 5.63. The molecule has 130 valence electrons. The van der Waals surface area contributed by atoms with Crippen molar-refractivity contribution in [2.24, 2.45) is 5.92 Å². The fourth-order valence-corrected chi connectivity index (χ4v) is 3.72. The second-order valence-electron chi connectivity index (χ2n) is 6.36. The van der Waals surface area contributed by atoms with Gasteiger partial charge in [0, 0.05) is 32.0 Å². The van der Waals surface area contributed by atoms with E-state index in [1.54, 1.807) is 11.3 Å². The topological polar surface area (TPSA) is 79.5 Å². The molecule has 1 aliphatic rings. The van der Waals surface area contributed by atoms with Crippen LogP contribution < -0.4 is 0 Å². The molecule has 1 amide bonds. The van der Waals surface area contributed by atoms with Crippen molar-refractivity contribution in [2.45, 2.75) is 45.1 Å². The maximum absolute atomic E-state index is 12.4. The SMILES string of the molecule is CC1CCC(CO)CN1C(=O)CCCc1nc(-c2cccs2)no1. The second kappa shape index (κ2) is 7.90. The van der Waals surface area contributed by atoms with Crippen LogP contribution in [0.25, 0.3) is 10.7 Å². The van der Waals surface area contributed by atoms with Crippen molar-refractivity contribution in [1.29, 1.82) is 0 Å². The van der Waals surface area contributed by atoms with E-state index in [1.807, 2.05) is 22.4 Å². The van der Waals surface area contributed by atoms with Gasteiger partial charge in [-0.1, -0.05) is 11.2 Å². The van der Waals surface area contributed by atoms with Gasteiger partial charge in [-0.15, -0.1) is 11.3 Å². The van der Waals surface area contributed by atoms with Crippen molar-refractivity contribution in [3.8, 4) is 10.7 Å². The first-order valence-electron chi connectivity index (χ1n) is 8.44. The van der Waals surface area contributed by atoms with Crippen molar-refractivity contribution < 1.29 is 14.4 Å². The lowest BCUT2D eigenvalue weighted by Gasteiger charge is -2.37. The minimum Gasteiger partial charge on any atom is -0.396 e. The van der Waals surface area contributed by atoms with Crippen LogP contribution in [0.3, 0.4) is 0 Å². The summed E-state index contributed by atoms with van der Waals surface area (Å²) in [7, 11) is 0. The second-order valence-corrected chi connectivity index (χ2v) is 7.31. The Hall–Kier alpha value is -1.73. The summed E-state index contributed by atoms with van der Waals surface area (Å²) in [5.41, 5.74) is 0. The number of nitrogens with zero attached hydrogens (tertiary/aromatic N) is 3. The van der Waals surface area contributed by atoms with Crippen molar-refractivity contribution >= 4 is 17.2 Å². The highest BCUT2D eigenvalue weighted by Crippen LogP contribution is 2.23. The Morgan fingerprint density at radius 3 is 3.12 bits per heavy atom. The molecular weight excluding hydrogens is 326 g/mol. The average molecular weight is 349 g/mol. The molecule has 1 fully saturated rings. The number of aliphatic hydroxyl groups is 1. The molecule has 2 atom stereocenters. The van der Waals surface area contributed by atoms with Gasteiger partial charge in [0.1, 0.15) is 0 Å². The van der Waals surface area contributed by atoms with Gasteiger partial charge in [-0.05, 0) is 43.6 Å². The molecule has 0 radical (unpaired) electrons. The predicted molar refractivity (Wildman–Crippen MR) is 91.5 cm³/mol. The van der Waals surface area contributed by atoms with Crippen LogP contribution in [0.5, 0.6) is 0 Å². The Morgan fingerprint density at radius 1 is 1.50 bits per heavy atom. The molecule has 24 heavy (non-hydrogen) atoms. The number of hydrogen-bond acceptors (Lipinski definition) is 6. The van der Waals surface area contributed by atoms with E-state index in [0.29, 0.717) is 37.5 Å². The first kappa shape index (κ1) is 17.1. The van der Waals surface area contributed by atoms with Crippen molar-refractivity contribution in [1.82, 2.24) is 15.0 Å².